The summed E-state index contributed by atoms with van der Waals surface area (Å²) in [4.78, 5) is 0. The minimum absolute atomic E-state index is 0.215. The Bertz CT molecular complexity index is 736. The van der Waals surface area contributed by atoms with Crippen molar-refractivity contribution in [2.75, 3.05) is 19.6 Å². The van der Waals surface area contributed by atoms with Gasteiger partial charge in [-0.2, -0.15) is 0 Å². The molecule has 4 atom stereocenters. The van der Waals surface area contributed by atoms with Crippen molar-refractivity contribution in [1.82, 2.24) is 0 Å². The molecule has 2 heterocycles. The average molecular weight is 425 g/mol. The van der Waals surface area contributed by atoms with Crippen molar-refractivity contribution in [1.29, 1.82) is 0 Å². The standard InChI is InChI=1S/C22H29ClO6/c1-21(2)26-14-18(28-21)20-19(17(7-6-12-23)27-22(3,4)29-20)25-13-15-8-10-16(24-5)11-9-15/h8-11,17-20H,12-14H2,1-5H3/t17-,18+,19+,20+/m0/s1. The van der Waals surface area contributed by atoms with E-state index in [4.69, 9.17) is 40.0 Å². The van der Waals surface area contributed by atoms with E-state index in [-0.39, 0.29) is 12.0 Å². The minimum atomic E-state index is -0.841. The van der Waals surface area contributed by atoms with E-state index in [2.05, 4.69) is 11.8 Å². The van der Waals surface area contributed by atoms with E-state index in [1.807, 2.05) is 52.0 Å². The zero-order chi connectivity index (χ0) is 21.1. The molecule has 0 spiro atoms. The van der Waals surface area contributed by atoms with Gasteiger partial charge in [0.2, 0.25) is 0 Å². The summed E-state index contributed by atoms with van der Waals surface area (Å²) >= 11 is 5.78. The Morgan fingerprint density at radius 1 is 1.07 bits per heavy atom. The molecule has 1 aromatic rings. The number of halogens is 1. The van der Waals surface area contributed by atoms with Gasteiger partial charge in [0.25, 0.3) is 0 Å². The first-order chi connectivity index (χ1) is 13.7. The lowest BCUT2D eigenvalue weighted by atomic mass is 10.00. The molecular weight excluding hydrogens is 396 g/mol. The van der Waals surface area contributed by atoms with E-state index in [0.717, 1.165) is 11.3 Å². The third-order valence-corrected chi connectivity index (χ3v) is 4.90. The summed E-state index contributed by atoms with van der Waals surface area (Å²) in [6.45, 7) is 8.26. The third-order valence-electron chi connectivity index (χ3n) is 4.76. The van der Waals surface area contributed by atoms with Crippen LogP contribution in [0.1, 0.15) is 33.3 Å². The Kier molecular flexibility index (Phi) is 7.10. The van der Waals surface area contributed by atoms with E-state index in [1.54, 1.807) is 7.11 Å². The SMILES string of the molecule is COc1ccc(CO[C@H]2[C@@H]([C@H]3COC(C)(C)O3)OC(C)(C)O[C@H]2C#CCCl)cc1. The summed E-state index contributed by atoms with van der Waals surface area (Å²) in [7, 11) is 1.64. The van der Waals surface area contributed by atoms with Gasteiger partial charge >= 0.3 is 0 Å². The van der Waals surface area contributed by atoms with Crippen LogP contribution in [0.25, 0.3) is 0 Å². The van der Waals surface area contributed by atoms with Crippen molar-refractivity contribution in [2.45, 2.75) is 70.3 Å². The van der Waals surface area contributed by atoms with E-state index < -0.39 is 29.9 Å². The van der Waals surface area contributed by atoms with Crippen LogP contribution >= 0.6 is 11.6 Å². The molecule has 6 nitrogen and oxygen atoms in total. The molecule has 2 fully saturated rings. The molecule has 0 radical (unpaired) electrons. The first-order valence-electron chi connectivity index (χ1n) is 9.69. The fourth-order valence-corrected chi connectivity index (χ4v) is 3.56. The largest absolute Gasteiger partial charge is 0.497 e. The summed E-state index contributed by atoms with van der Waals surface area (Å²) in [6, 6.07) is 7.71. The first-order valence-corrected chi connectivity index (χ1v) is 10.2. The van der Waals surface area contributed by atoms with Gasteiger partial charge in [-0.05, 0) is 45.4 Å². The summed E-state index contributed by atoms with van der Waals surface area (Å²) in [6.07, 6.45) is -1.68. The molecule has 1 aromatic carbocycles. The summed E-state index contributed by atoms with van der Waals surface area (Å²) < 4.78 is 35.6. The van der Waals surface area contributed by atoms with Crippen LogP contribution in [0, 0.1) is 11.8 Å². The molecule has 7 heteroatoms. The fraction of sp³-hybridized carbons (Fsp3) is 0.636. The highest BCUT2D eigenvalue weighted by Gasteiger charge is 2.50. The van der Waals surface area contributed by atoms with E-state index >= 15 is 0 Å². The van der Waals surface area contributed by atoms with Crippen molar-refractivity contribution >= 4 is 11.6 Å². The second-order valence-electron chi connectivity index (χ2n) is 7.97. The maximum absolute atomic E-state index is 6.27. The van der Waals surface area contributed by atoms with Gasteiger partial charge in [0.05, 0.1) is 26.2 Å². The summed E-state index contributed by atoms with van der Waals surface area (Å²) in [5, 5.41) is 0. The zero-order valence-corrected chi connectivity index (χ0v) is 18.3. The molecule has 0 amide bonds. The van der Waals surface area contributed by atoms with Crippen molar-refractivity contribution in [3.8, 4) is 17.6 Å². The molecule has 3 rings (SSSR count). The van der Waals surface area contributed by atoms with Crippen LogP contribution in [0.3, 0.4) is 0 Å². The number of alkyl halides is 1. The Morgan fingerprint density at radius 3 is 2.38 bits per heavy atom. The van der Waals surface area contributed by atoms with E-state index in [1.165, 1.54) is 0 Å². The van der Waals surface area contributed by atoms with Gasteiger partial charge < -0.3 is 28.4 Å². The van der Waals surface area contributed by atoms with Gasteiger partial charge in [-0.25, -0.2) is 0 Å². The average Bonchev–Trinajstić information content (AvgIpc) is 3.04. The lowest BCUT2D eigenvalue weighted by Crippen LogP contribution is -2.59. The molecule has 2 aliphatic heterocycles. The minimum Gasteiger partial charge on any atom is -0.497 e. The Hall–Kier alpha value is -1.33. The number of ether oxygens (including phenoxy) is 6. The van der Waals surface area contributed by atoms with Gasteiger partial charge in [-0.1, -0.05) is 24.0 Å². The quantitative estimate of drug-likeness (QED) is 0.532. The molecule has 2 aliphatic rings. The second kappa shape index (κ2) is 9.22. The molecule has 0 N–H and O–H groups in total. The van der Waals surface area contributed by atoms with Gasteiger partial charge in [-0.15, -0.1) is 11.6 Å². The highest BCUT2D eigenvalue weighted by molar-refractivity contribution is 6.19. The molecule has 2 saturated heterocycles. The predicted molar refractivity (Wildman–Crippen MR) is 109 cm³/mol. The highest BCUT2D eigenvalue weighted by atomic mass is 35.5. The van der Waals surface area contributed by atoms with Crippen molar-refractivity contribution in [2.24, 2.45) is 0 Å². The molecule has 0 aliphatic carbocycles. The molecule has 0 unspecified atom stereocenters. The van der Waals surface area contributed by atoms with Gasteiger partial charge in [0.1, 0.15) is 30.2 Å². The van der Waals surface area contributed by atoms with Gasteiger partial charge in [-0.3, -0.25) is 0 Å². The highest BCUT2D eigenvalue weighted by Crippen LogP contribution is 2.36. The van der Waals surface area contributed by atoms with E-state index in [0.29, 0.717) is 13.2 Å². The molecule has 29 heavy (non-hydrogen) atoms. The van der Waals surface area contributed by atoms with Crippen LogP contribution in [0.5, 0.6) is 5.75 Å². The lowest BCUT2D eigenvalue weighted by Gasteiger charge is -2.45. The monoisotopic (exact) mass is 424 g/mol. The maximum Gasteiger partial charge on any atom is 0.165 e. The number of rotatable bonds is 5. The van der Waals surface area contributed by atoms with Crippen LogP contribution in [0.15, 0.2) is 24.3 Å². The molecular formula is C22H29ClO6. The van der Waals surface area contributed by atoms with Crippen LogP contribution in [0.4, 0.5) is 0 Å². The summed E-state index contributed by atoms with van der Waals surface area (Å²) in [5.41, 5.74) is 1.00. The lowest BCUT2D eigenvalue weighted by molar-refractivity contribution is -0.343. The number of methoxy groups -OCH3 is 1. The van der Waals surface area contributed by atoms with Crippen LogP contribution in [-0.2, 0) is 30.3 Å². The van der Waals surface area contributed by atoms with Gasteiger partial charge in [0.15, 0.2) is 11.6 Å². The zero-order valence-electron chi connectivity index (χ0n) is 17.6. The number of hydrogen-bond acceptors (Lipinski definition) is 6. The number of benzene rings is 1. The third kappa shape index (κ3) is 5.85. The van der Waals surface area contributed by atoms with Crippen LogP contribution in [0.2, 0.25) is 0 Å². The molecule has 160 valence electrons. The first kappa shape index (κ1) is 22.4. The summed E-state index contributed by atoms with van der Waals surface area (Å²) in [5.74, 6) is 5.47. The maximum atomic E-state index is 6.27. The molecule has 0 aromatic heterocycles. The normalized spacial score (nSPS) is 30.4. The van der Waals surface area contributed by atoms with Crippen LogP contribution in [-0.4, -0.2) is 55.6 Å². The second-order valence-corrected chi connectivity index (χ2v) is 8.23. The van der Waals surface area contributed by atoms with Crippen molar-refractivity contribution in [3.05, 3.63) is 29.8 Å². The van der Waals surface area contributed by atoms with Crippen LogP contribution < -0.4 is 4.74 Å². The molecule has 0 bridgehead atoms. The molecule has 0 saturated carbocycles. The predicted octanol–water partition coefficient (Wildman–Crippen LogP) is 3.49. The Labute approximate surface area is 177 Å². The number of hydrogen-bond donors (Lipinski definition) is 0. The smallest absolute Gasteiger partial charge is 0.165 e. The van der Waals surface area contributed by atoms with Crippen molar-refractivity contribution in [3.63, 3.8) is 0 Å². The fourth-order valence-electron chi connectivity index (χ4n) is 3.48. The van der Waals surface area contributed by atoms with Crippen molar-refractivity contribution < 1.29 is 28.4 Å². The Morgan fingerprint density at radius 2 is 1.79 bits per heavy atom. The Balaban J connectivity index is 1.81. The van der Waals surface area contributed by atoms with Gasteiger partial charge in [0, 0.05) is 0 Å². The topological polar surface area (TPSA) is 55.4 Å². The van der Waals surface area contributed by atoms with E-state index in [9.17, 15) is 0 Å².